The Morgan fingerprint density at radius 2 is 0.667 bits per heavy atom. The predicted octanol–water partition coefficient (Wildman–Crippen LogP) is 12.8. The maximum Gasteiger partial charge on any atom is 0.461 e. The van der Waals surface area contributed by atoms with Crippen molar-refractivity contribution in [1.82, 2.24) is 0 Å². The Morgan fingerprint density at radius 1 is 0.407 bits per heavy atom. The first kappa shape index (κ1) is 36.4. The summed E-state index contributed by atoms with van der Waals surface area (Å²) in [6, 6.07) is 51.6. The Balaban J connectivity index is 1.56. The number of benzene rings is 6. The van der Waals surface area contributed by atoms with Gasteiger partial charge in [0.1, 0.15) is 28.7 Å². The van der Waals surface area contributed by atoms with Crippen LogP contribution in [-0.4, -0.2) is 5.97 Å². The molecule has 0 amide bonds. The molecule has 14 heteroatoms. The highest BCUT2D eigenvalue weighted by molar-refractivity contribution is 7.79. The first-order chi connectivity index (χ1) is 26.3. The van der Waals surface area contributed by atoms with Crippen molar-refractivity contribution < 1.29 is 36.7 Å². The van der Waals surface area contributed by atoms with Crippen molar-refractivity contribution in [2.75, 3.05) is 0 Å². The van der Waals surface area contributed by atoms with E-state index in [9.17, 15) is 4.79 Å². The van der Waals surface area contributed by atoms with E-state index < -0.39 is 28.9 Å². The molecule has 6 aromatic carbocycles. The Labute approximate surface area is 313 Å². The van der Waals surface area contributed by atoms with Gasteiger partial charge in [0.05, 0.1) is 0 Å². The van der Waals surface area contributed by atoms with Crippen molar-refractivity contribution in [3.05, 3.63) is 188 Å². The van der Waals surface area contributed by atoms with Gasteiger partial charge in [0.15, 0.2) is 11.5 Å². The molecular weight excluding hydrogens is 743 g/mol. The molecule has 0 saturated carbocycles. The van der Waals surface area contributed by atoms with Crippen LogP contribution in [0.4, 0.5) is 0 Å². The monoisotopic (exact) mass is 777 g/mol. The number of para-hydroxylation sites is 7. The SMILES string of the molecule is C=C(C)C(=O)Oc1ccccc1OP1(Oc2ccccc2)=NP(Oc2ccccc2)(Oc2ccccc2)=NP(Oc2ccccc2)(Oc2ccccc2)=N1. The third kappa shape index (κ3) is 9.14. The lowest BCUT2D eigenvalue weighted by molar-refractivity contribution is -0.130. The van der Waals surface area contributed by atoms with Gasteiger partial charge in [-0.1, -0.05) is 123 Å². The van der Waals surface area contributed by atoms with Crippen LogP contribution in [0.1, 0.15) is 6.92 Å². The lowest BCUT2D eigenvalue weighted by Gasteiger charge is -2.33. The molecule has 0 fully saturated rings. The van der Waals surface area contributed by atoms with Gasteiger partial charge in [-0.3, -0.25) is 0 Å². The molecule has 11 nitrogen and oxygen atoms in total. The lowest BCUT2D eigenvalue weighted by Crippen LogP contribution is -2.12. The van der Waals surface area contributed by atoms with E-state index in [1.54, 1.807) is 104 Å². The molecule has 1 aliphatic heterocycles. The number of hydrogen-bond acceptors (Lipinski definition) is 11. The normalized spacial score (nSPS) is 16.5. The quantitative estimate of drug-likeness (QED) is 0.0464. The molecule has 0 N–H and O–H groups in total. The second kappa shape index (κ2) is 16.4. The first-order valence-corrected chi connectivity index (χ1v) is 21.2. The van der Waals surface area contributed by atoms with Crippen LogP contribution >= 0.6 is 23.0 Å². The maximum atomic E-state index is 12.8. The minimum atomic E-state index is -4.18. The van der Waals surface area contributed by atoms with E-state index in [0.29, 0.717) is 28.7 Å². The third-order valence-electron chi connectivity index (χ3n) is 7.13. The molecule has 6 aromatic rings. The second-order valence-corrected chi connectivity index (χ2v) is 17.7. The largest absolute Gasteiger partial charge is 0.461 e. The average Bonchev–Trinajstić information content (AvgIpc) is 3.17. The molecule has 0 saturated heterocycles. The van der Waals surface area contributed by atoms with Gasteiger partial charge in [-0.25, -0.2) is 4.79 Å². The van der Waals surface area contributed by atoms with Gasteiger partial charge in [0.25, 0.3) is 0 Å². The van der Waals surface area contributed by atoms with Gasteiger partial charge in [-0.05, 0) is 79.7 Å². The van der Waals surface area contributed by atoms with E-state index >= 15 is 0 Å². The summed E-state index contributed by atoms with van der Waals surface area (Å²) in [6.45, 7) is 5.27. The molecule has 0 spiro atoms. The first-order valence-electron chi connectivity index (χ1n) is 16.6. The van der Waals surface area contributed by atoms with Crippen LogP contribution < -0.4 is 31.9 Å². The van der Waals surface area contributed by atoms with Gasteiger partial charge >= 0.3 is 28.9 Å². The summed E-state index contributed by atoms with van der Waals surface area (Å²) in [5.74, 6) is 1.42. The summed E-state index contributed by atoms with van der Waals surface area (Å²) in [6.07, 6.45) is 0. The molecule has 272 valence electrons. The van der Waals surface area contributed by atoms with E-state index in [1.807, 2.05) is 78.9 Å². The molecular formula is C40H34N3O8P3. The van der Waals surface area contributed by atoms with Crippen LogP contribution in [0.5, 0.6) is 40.2 Å². The van der Waals surface area contributed by atoms with Gasteiger partial charge in [-0.15, -0.1) is 0 Å². The van der Waals surface area contributed by atoms with Crippen LogP contribution in [-0.2, 0) is 4.79 Å². The summed E-state index contributed by atoms with van der Waals surface area (Å²) in [7, 11) is -12.3. The number of rotatable bonds is 14. The summed E-state index contributed by atoms with van der Waals surface area (Å²) < 4.78 is 61.9. The van der Waals surface area contributed by atoms with Gasteiger partial charge < -0.3 is 31.9 Å². The number of esters is 1. The van der Waals surface area contributed by atoms with Crippen LogP contribution in [0.3, 0.4) is 0 Å². The van der Waals surface area contributed by atoms with E-state index in [-0.39, 0.29) is 17.1 Å². The van der Waals surface area contributed by atoms with E-state index in [2.05, 4.69) is 6.58 Å². The molecule has 0 radical (unpaired) electrons. The molecule has 1 aliphatic rings. The zero-order valence-electron chi connectivity index (χ0n) is 28.9. The Hall–Kier alpha value is -5.98. The highest BCUT2D eigenvalue weighted by Gasteiger charge is 2.49. The number of nitrogens with zero attached hydrogens (tertiary/aromatic N) is 3. The zero-order chi connectivity index (χ0) is 37.3. The molecule has 0 bridgehead atoms. The fourth-order valence-corrected chi connectivity index (χ4v) is 13.9. The summed E-state index contributed by atoms with van der Waals surface area (Å²) >= 11 is 0. The van der Waals surface area contributed by atoms with Crippen molar-refractivity contribution in [3.63, 3.8) is 0 Å². The molecule has 54 heavy (non-hydrogen) atoms. The molecule has 1 atom stereocenters. The van der Waals surface area contributed by atoms with E-state index in [0.717, 1.165) is 0 Å². The maximum absolute atomic E-state index is 12.8. The third-order valence-corrected chi connectivity index (χ3v) is 15.2. The number of carbonyl (C=O) groups is 1. The summed E-state index contributed by atoms with van der Waals surface area (Å²) in [5.41, 5.74) is 0.190. The van der Waals surface area contributed by atoms with E-state index in [1.165, 1.54) is 0 Å². The molecule has 7 rings (SSSR count). The standard InChI is InChI=1S/C40H34N3O8P3/c1-32(2)40(44)45-38-30-18-19-31-39(38)51-54(50-37-28-16-7-17-29-37)42-52(46-33-20-8-3-9-21-33,47-34-22-10-4-11-23-34)41-53(43-54,48-35-24-12-5-13-25-35)49-36-26-14-6-15-27-36/h3-31H,1H2,2H3. The lowest BCUT2D eigenvalue weighted by atomic mass is 10.3. The van der Waals surface area contributed by atoms with Crippen molar-refractivity contribution in [1.29, 1.82) is 0 Å². The minimum absolute atomic E-state index is 0.0724. The number of ether oxygens (including phenoxy) is 1. The Morgan fingerprint density at radius 3 is 0.963 bits per heavy atom. The van der Waals surface area contributed by atoms with Crippen molar-refractivity contribution in [2.45, 2.75) is 6.92 Å². The van der Waals surface area contributed by atoms with Gasteiger partial charge in [0, 0.05) is 5.57 Å². The highest BCUT2D eigenvalue weighted by atomic mass is 31.3. The van der Waals surface area contributed by atoms with E-state index in [4.69, 9.17) is 45.4 Å². The smallest absolute Gasteiger partial charge is 0.419 e. The summed E-state index contributed by atoms with van der Waals surface area (Å²) in [4.78, 5) is 12.8. The molecule has 0 aromatic heterocycles. The average molecular weight is 778 g/mol. The predicted molar refractivity (Wildman–Crippen MR) is 211 cm³/mol. The topological polar surface area (TPSA) is 119 Å². The van der Waals surface area contributed by atoms with Crippen LogP contribution in [0.2, 0.25) is 0 Å². The molecule has 1 heterocycles. The fourth-order valence-electron chi connectivity index (χ4n) is 4.78. The van der Waals surface area contributed by atoms with Crippen molar-refractivity contribution in [2.24, 2.45) is 13.5 Å². The van der Waals surface area contributed by atoms with Crippen LogP contribution in [0.25, 0.3) is 0 Å². The van der Waals surface area contributed by atoms with Crippen molar-refractivity contribution in [3.8, 4) is 40.2 Å². The number of hydrogen-bond donors (Lipinski definition) is 0. The zero-order valence-corrected chi connectivity index (χ0v) is 31.6. The van der Waals surface area contributed by atoms with Gasteiger partial charge in [0.2, 0.25) is 0 Å². The summed E-state index contributed by atoms with van der Waals surface area (Å²) in [5, 5.41) is 0. The second-order valence-electron chi connectivity index (χ2n) is 11.5. The highest BCUT2D eigenvalue weighted by Crippen LogP contribution is 2.78. The minimum Gasteiger partial charge on any atom is -0.419 e. The van der Waals surface area contributed by atoms with Crippen LogP contribution in [0.15, 0.2) is 202 Å². The van der Waals surface area contributed by atoms with Crippen molar-refractivity contribution >= 4 is 28.9 Å². The fraction of sp³-hybridized carbons (Fsp3) is 0.0250. The van der Waals surface area contributed by atoms with Gasteiger partial charge in [-0.2, -0.15) is 0 Å². The Kier molecular flexibility index (Phi) is 11.0. The van der Waals surface area contributed by atoms with Crippen LogP contribution in [0, 0.1) is 0 Å². The number of carbonyl (C=O) groups excluding carboxylic acids is 1. The molecule has 1 unspecified atom stereocenters. The Bertz CT molecular complexity index is 2220. The molecule has 0 aliphatic carbocycles.